The van der Waals surface area contributed by atoms with E-state index in [1.165, 1.54) is 11.8 Å². The van der Waals surface area contributed by atoms with Crippen LogP contribution in [0.15, 0.2) is 83.8 Å². The Morgan fingerprint density at radius 3 is 2.34 bits per heavy atom. The summed E-state index contributed by atoms with van der Waals surface area (Å²) in [7, 11) is 0. The molecule has 1 fully saturated rings. The lowest BCUT2D eigenvalue weighted by atomic mass is 10.2. The molecular weight excluding hydrogens is 462 g/mol. The van der Waals surface area contributed by atoms with Crippen LogP contribution in [0.5, 0.6) is 11.5 Å². The minimum absolute atomic E-state index is 0.0686. The monoisotopic (exact) mass is 481 g/mol. The summed E-state index contributed by atoms with van der Waals surface area (Å²) in [6.07, 6.45) is 1.86. The summed E-state index contributed by atoms with van der Waals surface area (Å²) < 4.78 is 11.9. The van der Waals surface area contributed by atoms with Crippen LogP contribution in [0.4, 0.5) is 0 Å². The lowest BCUT2D eigenvalue weighted by Gasteiger charge is -2.14. The Morgan fingerprint density at radius 1 is 0.906 bits per heavy atom. The second-order valence-corrected chi connectivity index (χ2v) is 9.03. The van der Waals surface area contributed by atoms with Crippen LogP contribution in [0.1, 0.15) is 11.1 Å². The smallest absolute Gasteiger partial charge is 0.266 e. The Kier molecular flexibility index (Phi) is 7.47. The maximum Gasteiger partial charge on any atom is 0.266 e. The predicted octanol–water partition coefficient (Wildman–Crippen LogP) is 6.20. The molecule has 1 saturated heterocycles. The molecule has 3 aromatic carbocycles. The van der Waals surface area contributed by atoms with Gasteiger partial charge in [-0.25, -0.2) is 0 Å². The van der Waals surface area contributed by atoms with Crippen LogP contribution in [-0.4, -0.2) is 28.3 Å². The van der Waals surface area contributed by atoms with Crippen LogP contribution in [-0.2, 0) is 11.3 Å². The molecule has 0 aliphatic carbocycles. The van der Waals surface area contributed by atoms with Gasteiger partial charge in [-0.15, -0.1) is 0 Å². The average Bonchev–Trinajstić information content (AvgIpc) is 3.07. The molecule has 3 aromatic rings. The number of rotatable bonds is 8. The number of thiocarbonyl (C=S) groups is 1. The first kappa shape index (κ1) is 22.4. The Morgan fingerprint density at radius 2 is 1.59 bits per heavy atom. The van der Waals surface area contributed by atoms with Gasteiger partial charge in [-0.1, -0.05) is 90.2 Å². The van der Waals surface area contributed by atoms with Crippen molar-refractivity contribution in [2.24, 2.45) is 0 Å². The third-order valence-electron chi connectivity index (χ3n) is 4.68. The van der Waals surface area contributed by atoms with Crippen LogP contribution in [0.3, 0.4) is 0 Å². The van der Waals surface area contributed by atoms with E-state index in [0.29, 0.717) is 39.8 Å². The zero-order valence-electron chi connectivity index (χ0n) is 17.1. The van der Waals surface area contributed by atoms with E-state index in [2.05, 4.69) is 0 Å². The van der Waals surface area contributed by atoms with Crippen molar-refractivity contribution in [3.8, 4) is 11.5 Å². The fourth-order valence-corrected chi connectivity index (χ4v) is 4.53. The van der Waals surface area contributed by atoms with E-state index in [4.69, 9.17) is 33.3 Å². The third-order valence-corrected chi connectivity index (χ3v) is 6.37. The average molecular weight is 482 g/mol. The molecule has 1 aliphatic heterocycles. The van der Waals surface area contributed by atoms with Crippen molar-refractivity contribution in [3.05, 3.63) is 99.9 Å². The molecular formula is C25H20ClNO3S2. The van der Waals surface area contributed by atoms with Crippen LogP contribution in [0.2, 0.25) is 5.02 Å². The minimum Gasteiger partial charge on any atom is -0.490 e. The summed E-state index contributed by atoms with van der Waals surface area (Å²) in [5, 5.41) is 0.575. The molecule has 0 unspecified atom stereocenters. The molecule has 1 aliphatic rings. The molecule has 4 rings (SSSR count). The van der Waals surface area contributed by atoms with Gasteiger partial charge >= 0.3 is 0 Å². The Hall–Kier alpha value is -2.80. The molecule has 0 spiro atoms. The SMILES string of the molecule is O=C1C(=Cc2ccc(OCCOc3ccccc3Cl)cc2)SC(=S)N1Cc1ccccc1. The number of nitrogens with zero attached hydrogens (tertiary/aromatic N) is 1. The topological polar surface area (TPSA) is 38.8 Å². The number of carbonyl (C=O) groups is 1. The van der Waals surface area contributed by atoms with Gasteiger partial charge in [0.2, 0.25) is 0 Å². The summed E-state index contributed by atoms with van der Waals surface area (Å²) in [4.78, 5) is 15.1. The molecule has 4 nitrogen and oxygen atoms in total. The number of hydrogen-bond donors (Lipinski definition) is 0. The van der Waals surface area contributed by atoms with E-state index in [0.717, 1.165) is 16.9 Å². The fraction of sp³-hybridized carbons (Fsp3) is 0.120. The number of halogens is 1. The highest BCUT2D eigenvalue weighted by atomic mass is 35.5. The first-order valence-electron chi connectivity index (χ1n) is 9.99. The van der Waals surface area contributed by atoms with Gasteiger partial charge in [0.05, 0.1) is 16.5 Å². The Bertz CT molecular complexity index is 1130. The second kappa shape index (κ2) is 10.7. The molecule has 1 heterocycles. The lowest BCUT2D eigenvalue weighted by molar-refractivity contribution is -0.122. The fourth-order valence-electron chi connectivity index (χ4n) is 3.09. The number of ether oxygens (including phenoxy) is 2. The van der Waals surface area contributed by atoms with Crippen molar-refractivity contribution in [1.82, 2.24) is 4.90 Å². The normalized spacial score (nSPS) is 14.8. The van der Waals surface area contributed by atoms with E-state index in [1.54, 1.807) is 11.0 Å². The van der Waals surface area contributed by atoms with Crippen molar-refractivity contribution < 1.29 is 14.3 Å². The molecule has 7 heteroatoms. The van der Waals surface area contributed by atoms with Crippen molar-refractivity contribution in [2.45, 2.75) is 6.54 Å². The highest BCUT2D eigenvalue weighted by Gasteiger charge is 2.31. The first-order valence-corrected chi connectivity index (χ1v) is 11.6. The predicted molar refractivity (Wildman–Crippen MR) is 134 cm³/mol. The maximum atomic E-state index is 12.8. The second-order valence-electron chi connectivity index (χ2n) is 6.95. The third kappa shape index (κ3) is 5.71. The molecule has 0 aromatic heterocycles. The van der Waals surface area contributed by atoms with Gasteiger partial charge in [0.1, 0.15) is 29.0 Å². The highest BCUT2D eigenvalue weighted by Crippen LogP contribution is 2.33. The Balaban J connectivity index is 1.31. The largest absolute Gasteiger partial charge is 0.490 e. The quantitative estimate of drug-likeness (QED) is 0.217. The van der Waals surface area contributed by atoms with E-state index >= 15 is 0 Å². The van der Waals surface area contributed by atoms with Gasteiger partial charge in [0, 0.05) is 0 Å². The van der Waals surface area contributed by atoms with E-state index in [1.807, 2.05) is 78.9 Å². The van der Waals surface area contributed by atoms with Gasteiger partial charge < -0.3 is 9.47 Å². The summed E-state index contributed by atoms with van der Waals surface area (Å²) >= 11 is 12.8. The molecule has 162 valence electrons. The molecule has 1 amide bonds. The molecule has 0 bridgehead atoms. The standard InChI is InChI=1S/C25H20ClNO3S2/c26-21-8-4-5-9-22(21)30-15-14-29-20-12-10-18(11-13-20)16-23-24(28)27(25(31)32-23)17-19-6-2-1-3-7-19/h1-13,16H,14-15,17H2. The number of hydrogen-bond acceptors (Lipinski definition) is 5. The number of para-hydroxylation sites is 1. The van der Waals surface area contributed by atoms with Crippen molar-refractivity contribution >= 4 is 51.9 Å². The van der Waals surface area contributed by atoms with Gasteiger partial charge in [-0.05, 0) is 41.5 Å². The highest BCUT2D eigenvalue weighted by molar-refractivity contribution is 8.26. The van der Waals surface area contributed by atoms with Crippen molar-refractivity contribution in [3.63, 3.8) is 0 Å². The summed E-state index contributed by atoms with van der Waals surface area (Å²) in [5.74, 6) is 1.29. The lowest BCUT2D eigenvalue weighted by Crippen LogP contribution is -2.27. The molecule has 0 radical (unpaired) electrons. The zero-order valence-corrected chi connectivity index (χ0v) is 19.5. The van der Waals surface area contributed by atoms with Crippen molar-refractivity contribution in [2.75, 3.05) is 13.2 Å². The maximum absolute atomic E-state index is 12.8. The molecule has 0 N–H and O–H groups in total. The van der Waals surface area contributed by atoms with Gasteiger partial charge in [-0.2, -0.15) is 0 Å². The number of carbonyl (C=O) groups excluding carboxylic acids is 1. The van der Waals surface area contributed by atoms with Crippen LogP contribution < -0.4 is 9.47 Å². The van der Waals surface area contributed by atoms with Gasteiger partial charge in [0.15, 0.2) is 0 Å². The molecule has 0 saturated carbocycles. The number of thioether (sulfide) groups is 1. The van der Waals surface area contributed by atoms with E-state index in [9.17, 15) is 4.79 Å². The van der Waals surface area contributed by atoms with E-state index in [-0.39, 0.29) is 5.91 Å². The van der Waals surface area contributed by atoms with Gasteiger partial charge in [0.25, 0.3) is 5.91 Å². The minimum atomic E-state index is -0.0686. The summed E-state index contributed by atoms with van der Waals surface area (Å²) in [5.41, 5.74) is 1.95. The van der Waals surface area contributed by atoms with Gasteiger partial charge in [-0.3, -0.25) is 9.69 Å². The summed E-state index contributed by atoms with van der Waals surface area (Å²) in [6.45, 7) is 1.25. The van der Waals surface area contributed by atoms with E-state index < -0.39 is 0 Å². The van der Waals surface area contributed by atoms with Crippen molar-refractivity contribution in [1.29, 1.82) is 0 Å². The van der Waals surface area contributed by atoms with Crippen LogP contribution >= 0.6 is 35.6 Å². The zero-order chi connectivity index (χ0) is 22.3. The Labute approximate surface area is 201 Å². The first-order chi connectivity index (χ1) is 15.6. The van der Waals surface area contributed by atoms with Crippen LogP contribution in [0.25, 0.3) is 6.08 Å². The number of amides is 1. The number of benzene rings is 3. The molecule has 0 atom stereocenters. The molecule has 32 heavy (non-hydrogen) atoms. The summed E-state index contributed by atoms with van der Waals surface area (Å²) in [6, 6.07) is 24.7. The van der Waals surface area contributed by atoms with Crippen LogP contribution in [0, 0.1) is 0 Å².